The Morgan fingerprint density at radius 1 is 1.43 bits per heavy atom. The van der Waals surface area contributed by atoms with Crippen LogP contribution in [0.1, 0.15) is 42.6 Å². The van der Waals surface area contributed by atoms with Crippen LogP contribution in [-0.2, 0) is 0 Å². The Hall–Kier alpha value is -2.68. The molecule has 1 atom stereocenters. The van der Waals surface area contributed by atoms with Gasteiger partial charge in [0.2, 0.25) is 5.43 Å². The summed E-state index contributed by atoms with van der Waals surface area (Å²) in [5, 5.41) is 12.5. The minimum Gasteiger partial charge on any atom is -0.477 e. The van der Waals surface area contributed by atoms with Gasteiger partial charge >= 0.3 is 5.97 Å². The first-order valence-electron chi connectivity index (χ1n) is 9.65. The molecule has 1 aliphatic carbocycles. The average molecular weight is 389 g/mol. The van der Waals surface area contributed by atoms with E-state index in [0.717, 1.165) is 32.4 Å². The van der Waals surface area contributed by atoms with E-state index in [1.807, 2.05) is 11.8 Å². The van der Waals surface area contributed by atoms with Gasteiger partial charge in [-0.3, -0.25) is 4.79 Å². The number of hydrogen-bond acceptors (Lipinski definition) is 6. The third-order valence-electron chi connectivity index (χ3n) is 5.56. The lowest BCUT2D eigenvalue weighted by atomic mass is 10.1. The molecule has 4 rings (SSSR count). The molecule has 2 aliphatic rings. The zero-order valence-electron chi connectivity index (χ0n) is 15.7. The molecule has 0 bridgehead atoms. The van der Waals surface area contributed by atoms with Gasteiger partial charge in [-0.1, -0.05) is 6.92 Å². The van der Waals surface area contributed by atoms with Crippen molar-refractivity contribution in [2.75, 3.05) is 36.8 Å². The number of carboxylic acid groups (broad SMARTS) is 1. The second-order valence-corrected chi connectivity index (χ2v) is 7.59. The number of nitrogens with two attached hydrogens (primary N) is 1. The van der Waals surface area contributed by atoms with Crippen molar-refractivity contribution < 1.29 is 14.3 Å². The van der Waals surface area contributed by atoms with Gasteiger partial charge < -0.3 is 25.6 Å². The Morgan fingerprint density at radius 3 is 2.82 bits per heavy atom. The summed E-state index contributed by atoms with van der Waals surface area (Å²) < 4.78 is 16.8. The molecule has 1 unspecified atom stereocenters. The quantitative estimate of drug-likeness (QED) is 0.687. The third kappa shape index (κ3) is 3.09. The number of aromatic nitrogens is 2. The molecule has 4 N–H and O–H groups in total. The fraction of sp³-hybridized carbons (Fsp3) is 0.526. The highest BCUT2D eigenvalue weighted by Gasteiger charge is 2.32. The predicted molar refractivity (Wildman–Crippen MR) is 104 cm³/mol. The number of nitrogens with zero attached hydrogens (tertiary/aromatic N) is 3. The summed E-state index contributed by atoms with van der Waals surface area (Å²) in [6, 6.07) is 0.0616. The number of halogens is 1. The Balaban J connectivity index is 1.83. The molecule has 0 radical (unpaired) electrons. The van der Waals surface area contributed by atoms with Gasteiger partial charge in [0.25, 0.3) is 0 Å². The van der Waals surface area contributed by atoms with E-state index in [9.17, 15) is 14.7 Å². The van der Waals surface area contributed by atoms with E-state index < -0.39 is 22.8 Å². The van der Waals surface area contributed by atoms with Crippen molar-refractivity contribution in [2.24, 2.45) is 5.92 Å². The van der Waals surface area contributed by atoms with Crippen molar-refractivity contribution in [1.82, 2.24) is 14.9 Å². The maximum absolute atomic E-state index is 15.1. The number of hydrogen-bond donors (Lipinski definition) is 3. The van der Waals surface area contributed by atoms with Crippen LogP contribution >= 0.6 is 0 Å². The molecule has 0 amide bonds. The first-order chi connectivity index (χ1) is 13.4. The standard InChI is InChI=1S/C19H24FN5O3/c1-2-22-7-10-5-6-24(8-10)18-14(20)15(21)13-16(26)12(19(27)28)9-25(11-3-4-11)17(13)23-18/h9-11,22H,2-8H2,1H3,(H2,21,23)(H,27,28). The molecule has 9 heteroatoms. The maximum atomic E-state index is 15.1. The van der Waals surface area contributed by atoms with Gasteiger partial charge in [0.15, 0.2) is 11.6 Å². The third-order valence-corrected chi connectivity index (χ3v) is 5.56. The number of pyridine rings is 2. The van der Waals surface area contributed by atoms with Crippen molar-refractivity contribution in [1.29, 1.82) is 0 Å². The highest BCUT2D eigenvalue weighted by Crippen LogP contribution is 2.39. The summed E-state index contributed by atoms with van der Waals surface area (Å²) in [5.74, 6) is -1.58. The van der Waals surface area contributed by atoms with Gasteiger partial charge in [-0.25, -0.2) is 14.2 Å². The topological polar surface area (TPSA) is 113 Å². The van der Waals surface area contributed by atoms with Crippen LogP contribution in [0.25, 0.3) is 11.0 Å². The molecule has 0 aromatic carbocycles. The summed E-state index contributed by atoms with van der Waals surface area (Å²) in [4.78, 5) is 30.4. The summed E-state index contributed by atoms with van der Waals surface area (Å²) >= 11 is 0. The minimum atomic E-state index is -1.35. The second kappa shape index (κ2) is 7.05. The van der Waals surface area contributed by atoms with E-state index in [2.05, 4.69) is 10.3 Å². The lowest BCUT2D eigenvalue weighted by Gasteiger charge is -2.21. The van der Waals surface area contributed by atoms with Gasteiger partial charge in [-0.2, -0.15) is 0 Å². The van der Waals surface area contributed by atoms with Gasteiger partial charge in [0.05, 0.1) is 11.1 Å². The van der Waals surface area contributed by atoms with Crippen LogP contribution in [0, 0.1) is 11.7 Å². The highest BCUT2D eigenvalue weighted by molar-refractivity contribution is 5.97. The molecule has 0 spiro atoms. The van der Waals surface area contributed by atoms with Crippen molar-refractivity contribution >= 4 is 28.5 Å². The molecular weight excluding hydrogens is 365 g/mol. The van der Waals surface area contributed by atoms with Crippen LogP contribution in [0.2, 0.25) is 0 Å². The van der Waals surface area contributed by atoms with E-state index in [4.69, 9.17) is 5.73 Å². The molecule has 8 nitrogen and oxygen atoms in total. The number of nitrogen functional groups attached to an aromatic ring is 1. The zero-order chi connectivity index (χ0) is 20.0. The molecule has 1 aliphatic heterocycles. The molecule has 2 fully saturated rings. The Morgan fingerprint density at radius 2 is 2.18 bits per heavy atom. The Bertz CT molecular complexity index is 1000. The second-order valence-electron chi connectivity index (χ2n) is 7.59. The van der Waals surface area contributed by atoms with E-state index in [1.54, 1.807) is 4.57 Å². The number of aromatic carboxylic acids is 1. The first-order valence-corrected chi connectivity index (χ1v) is 9.65. The number of nitrogens with one attached hydrogen (secondary N) is 1. The number of carboxylic acids is 1. The van der Waals surface area contributed by atoms with Gasteiger partial charge in [-0.05, 0) is 38.3 Å². The van der Waals surface area contributed by atoms with Crippen molar-refractivity contribution in [3.8, 4) is 0 Å². The molecule has 3 heterocycles. The monoisotopic (exact) mass is 389 g/mol. The number of carbonyl (C=O) groups is 1. The number of rotatable bonds is 6. The molecule has 1 saturated heterocycles. The van der Waals surface area contributed by atoms with E-state index in [-0.39, 0.29) is 28.6 Å². The molecule has 2 aromatic heterocycles. The average Bonchev–Trinajstić information content (AvgIpc) is 3.40. The minimum absolute atomic E-state index is 0.0616. The first kappa shape index (κ1) is 18.7. The maximum Gasteiger partial charge on any atom is 0.341 e. The summed E-state index contributed by atoms with van der Waals surface area (Å²) in [7, 11) is 0. The van der Waals surface area contributed by atoms with Gasteiger partial charge in [-0.15, -0.1) is 0 Å². The smallest absolute Gasteiger partial charge is 0.341 e. The van der Waals surface area contributed by atoms with Crippen LogP contribution in [0.3, 0.4) is 0 Å². The lowest BCUT2D eigenvalue weighted by Crippen LogP contribution is -2.28. The van der Waals surface area contributed by atoms with Crippen LogP contribution in [0.15, 0.2) is 11.0 Å². The molecule has 1 saturated carbocycles. The largest absolute Gasteiger partial charge is 0.477 e. The molecule has 150 valence electrons. The van der Waals surface area contributed by atoms with Crippen molar-refractivity contribution in [3.05, 3.63) is 27.8 Å². The molecule has 2 aromatic rings. The Kier molecular flexibility index (Phi) is 4.70. The molecule has 28 heavy (non-hydrogen) atoms. The highest BCUT2D eigenvalue weighted by atomic mass is 19.1. The summed E-state index contributed by atoms with van der Waals surface area (Å²) in [6.07, 6.45) is 3.95. The number of anilines is 2. The van der Waals surface area contributed by atoms with E-state index in [1.165, 1.54) is 6.20 Å². The van der Waals surface area contributed by atoms with Gasteiger partial charge in [0.1, 0.15) is 11.2 Å². The van der Waals surface area contributed by atoms with E-state index >= 15 is 4.39 Å². The molecular formula is C19H24FN5O3. The van der Waals surface area contributed by atoms with Crippen LogP contribution in [-0.4, -0.2) is 46.8 Å². The van der Waals surface area contributed by atoms with Gasteiger partial charge in [0, 0.05) is 25.3 Å². The van der Waals surface area contributed by atoms with Crippen LogP contribution in [0.4, 0.5) is 15.9 Å². The van der Waals surface area contributed by atoms with E-state index in [0.29, 0.717) is 19.0 Å². The van der Waals surface area contributed by atoms with Crippen LogP contribution < -0.4 is 21.4 Å². The fourth-order valence-corrected chi connectivity index (χ4v) is 3.89. The normalized spacial score (nSPS) is 19.5. The fourth-order valence-electron chi connectivity index (χ4n) is 3.89. The predicted octanol–water partition coefficient (Wildman–Crippen LogP) is 1.59. The summed E-state index contributed by atoms with van der Waals surface area (Å²) in [6.45, 7) is 5.09. The Labute approximate surface area is 161 Å². The lowest BCUT2D eigenvalue weighted by molar-refractivity contribution is 0.0695. The van der Waals surface area contributed by atoms with Crippen molar-refractivity contribution in [3.63, 3.8) is 0 Å². The summed E-state index contributed by atoms with van der Waals surface area (Å²) in [5.41, 5.74) is 4.74. The number of fused-ring (bicyclic) bond motifs is 1. The van der Waals surface area contributed by atoms with Crippen LogP contribution in [0.5, 0.6) is 0 Å². The van der Waals surface area contributed by atoms with Crippen molar-refractivity contribution in [2.45, 2.75) is 32.2 Å². The zero-order valence-corrected chi connectivity index (χ0v) is 15.7. The SMILES string of the molecule is CCNCC1CCN(c2nc3c(c(N)c2F)c(=O)c(C(=O)O)cn3C2CC2)C1.